The Bertz CT molecular complexity index is 447. The second-order valence-corrected chi connectivity index (χ2v) is 4.39. The van der Waals surface area contributed by atoms with Crippen molar-refractivity contribution in [1.82, 2.24) is 25.2 Å². The second kappa shape index (κ2) is 6.31. The molecule has 0 aliphatic carbocycles. The molecule has 0 aliphatic heterocycles. The molecule has 2 aromatic rings. The van der Waals surface area contributed by atoms with E-state index in [0.29, 0.717) is 6.54 Å². The van der Waals surface area contributed by atoms with E-state index < -0.39 is 0 Å². The lowest BCUT2D eigenvalue weighted by Crippen LogP contribution is -2.06. The molecule has 0 atom stereocenters. The minimum atomic E-state index is 0.0405. The molecule has 0 spiro atoms. The second-order valence-electron chi connectivity index (χ2n) is 3.33. The van der Waals surface area contributed by atoms with Crippen molar-refractivity contribution in [2.24, 2.45) is 0 Å². The number of hydrogen-bond acceptors (Lipinski definition) is 6. The molecule has 0 aliphatic rings. The SMILES string of the molecule is OCCn1nnnc1SCCc1ccccn1. The highest BCUT2D eigenvalue weighted by Gasteiger charge is 2.05. The molecule has 17 heavy (non-hydrogen) atoms. The molecule has 90 valence electrons. The fourth-order valence-electron chi connectivity index (χ4n) is 1.33. The molecular weight excluding hydrogens is 238 g/mol. The van der Waals surface area contributed by atoms with Gasteiger partial charge < -0.3 is 5.11 Å². The van der Waals surface area contributed by atoms with Gasteiger partial charge >= 0.3 is 0 Å². The molecular formula is C10H13N5OS. The Hall–Kier alpha value is -1.47. The van der Waals surface area contributed by atoms with Crippen molar-refractivity contribution in [3.8, 4) is 0 Å². The Kier molecular flexibility index (Phi) is 4.45. The van der Waals surface area contributed by atoms with E-state index in [1.807, 2.05) is 18.2 Å². The van der Waals surface area contributed by atoms with Crippen molar-refractivity contribution in [2.75, 3.05) is 12.4 Å². The number of thioether (sulfide) groups is 1. The Labute approximate surface area is 103 Å². The third-order valence-corrected chi connectivity index (χ3v) is 3.09. The number of hydrogen-bond donors (Lipinski definition) is 1. The van der Waals surface area contributed by atoms with E-state index in [0.717, 1.165) is 23.0 Å². The number of aryl methyl sites for hydroxylation is 1. The van der Waals surface area contributed by atoms with Gasteiger partial charge in [-0.1, -0.05) is 17.8 Å². The Morgan fingerprint density at radius 3 is 3.06 bits per heavy atom. The van der Waals surface area contributed by atoms with Crippen LogP contribution in [0, 0.1) is 0 Å². The average Bonchev–Trinajstić information content (AvgIpc) is 2.79. The van der Waals surface area contributed by atoms with Crippen LogP contribution in [0.4, 0.5) is 0 Å². The number of pyridine rings is 1. The summed E-state index contributed by atoms with van der Waals surface area (Å²) < 4.78 is 1.60. The lowest BCUT2D eigenvalue weighted by atomic mass is 10.3. The first-order chi connectivity index (χ1) is 8.40. The Morgan fingerprint density at radius 2 is 2.29 bits per heavy atom. The molecule has 0 aromatic carbocycles. The summed E-state index contributed by atoms with van der Waals surface area (Å²) >= 11 is 1.56. The normalized spacial score (nSPS) is 10.6. The van der Waals surface area contributed by atoms with Crippen LogP contribution in [0.25, 0.3) is 0 Å². The van der Waals surface area contributed by atoms with Crippen molar-refractivity contribution in [2.45, 2.75) is 18.1 Å². The smallest absolute Gasteiger partial charge is 0.209 e. The highest BCUT2D eigenvalue weighted by Crippen LogP contribution is 2.14. The first-order valence-corrected chi connectivity index (χ1v) is 6.28. The molecule has 0 unspecified atom stereocenters. The molecule has 2 heterocycles. The summed E-state index contributed by atoms with van der Waals surface area (Å²) in [5, 5.41) is 20.8. The summed E-state index contributed by atoms with van der Waals surface area (Å²) in [6, 6.07) is 5.87. The molecule has 0 saturated heterocycles. The van der Waals surface area contributed by atoms with Crippen LogP contribution < -0.4 is 0 Å². The summed E-state index contributed by atoms with van der Waals surface area (Å²) in [5.41, 5.74) is 1.06. The maximum Gasteiger partial charge on any atom is 0.209 e. The summed E-state index contributed by atoms with van der Waals surface area (Å²) in [4.78, 5) is 4.24. The predicted molar refractivity (Wildman–Crippen MR) is 63.6 cm³/mol. The van der Waals surface area contributed by atoms with Crippen molar-refractivity contribution in [3.63, 3.8) is 0 Å². The molecule has 6 nitrogen and oxygen atoms in total. The fraction of sp³-hybridized carbons (Fsp3) is 0.400. The van der Waals surface area contributed by atoms with Gasteiger partial charge in [0.2, 0.25) is 5.16 Å². The van der Waals surface area contributed by atoms with Crippen LogP contribution in [-0.4, -0.2) is 42.7 Å². The average molecular weight is 251 g/mol. The zero-order chi connectivity index (χ0) is 11.9. The van der Waals surface area contributed by atoms with Crippen LogP contribution in [-0.2, 0) is 13.0 Å². The largest absolute Gasteiger partial charge is 0.394 e. The molecule has 2 aromatic heterocycles. The molecule has 1 N–H and O–H groups in total. The number of aliphatic hydroxyl groups is 1. The summed E-state index contributed by atoms with van der Waals surface area (Å²) in [7, 11) is 0. The van der Waals surface area contributed by atoms with Crippen LogP contribution >= 0.6 is 11.8 Å². The highest BCUT2D eigenvalue weighted by atomic mass is 32.2. The minimum Gasteiger partial charge on any atom is -0.394 e. The van der Waals surface area contributed by atoms with Crippen molar-refractivity contribution >= 4 is 11.8 Å². The molecule has 0 bridgehead atoms. The molecule has 0 amide bonds. The van der Waals surface area contributed by atoms with Gasteiger partial charge in [-0.2, -0.15) is 0 Å². The maximum atomic E-state index is 8.83. The van der Waals surface area contributed by atoms with Gasteiger partial charge in [0.25, 0.3) is 0 Å². The van der Waals surface area contributed by atoms with E-state index in [1.165, 1.54) is 0 Å². The van der Waals surface area contributed by atoms with Crippen molar-refractivity contribution in [1.29, 1.82) is 0 Å². The number of nitrogens with zero attached hydrogens (tertiary/aromatic N) is 5. The monoisotopic (exact) mass is 251 g/mol. The quantitative estimate of drug-likeness (QED) is 0.749. The third kappa shape index (κ3) is 3.50. The van der Waals surface area contributed by atoms with Gasteiger partial charge in [0, 0.05) is 17.6 Å². The summed E-state index contributed by atoms with van der Waals surface area (Å²) in [6.07, 6.45) is 2.66. The van der Waals surface area contributed by atoms with Gasteiger partial charge in [-0.3, -0.25) is 4.98 Å². The van der Waals surface area contributed by atoms with Gasteiger partial charge in [0.15, 0.2) is 0 Å². The van der Waals surface area contributed by atoms with Gasteiger partial charge in [0.05, 0.1) is 13.2 Å². The van der Waals surface area contributed by atoms with Crippen molar-refractivity contribution < 1.29 is 5.11 Å². The first kappa shape index (κ1) is 12.0. The van der Waals surface area contributed by atoms with Crippen LogP contribution in [0.5, 0.6) is 0 Å². The summed E-state index contributed by atoms with van der Waals surface area (Å²) in [5.74, 6) is 0.864. The highest BCUT2D eigenvalue weighted by molar-refractivity contribution is 7.99. The van der Waals surface area contributed by atoms with E-state index in [9.17, 15) is 0 Å². The van der Waals surface area contributed by atoms with Gasteiger partial charge in [-0.05, 0) is 29.0 Å². The van der Waals surface area contributed by atoms with E-state index in [2.05, 4.69) is 20.5 Å². The van der Waals surface area contributed by atoms with Crippen LogP contribution in [0.3, 0.4) is 0 Å². The first-order valence-electron chi connectivity index (χ1n) is 5.30. The zero-order valence-corrected chi connectivity index (χ0v) is 10.0. The van der Waals surface area contributed by atoms with Crippen LogP contribution in [0.15, 0.2) is 29.6 Å². The third-order valence-electron chi connectivity index (χ3n) is 2.13. The number of tetrazole rings is 1. The maximum absolute atomic E-state index is 8.83. The fourth-order valence-corrected chi connectivity index (χ4v) is 2.19. The van der Waals surface area contributed by atoms with E-state index in [4.69, 9.17) is 5.11 Å². The Balaban J connectivity index is 1.84. The molecule has 7 heteroatoms. The number of aliphatic hydroxyl groups excluding tert-OH is 1. The number of aromatic nitrogens is 5. The molecule has 2 rings (SSSR count). The van der Waals surface area contributed by atoms with E-state index in [1.54, 1.807) is 22.6 Å². The minimum absolute atomic E-state index is 0.0405. The summed E-state index contributed by atoms with van der Waals surface area (Å²) in [6.45, 7) is 0.470. The topological polar surface area (TPSA) is 76.7 Å². The standard InChI is InChI=1S/C10H13N5OS/c16-7-6-15-10(12-13-14-15)17-8-4-9-3-1-2-5-11-9/h1-3,5,16H,4,6-8H2. The lowest BCUT2D eigenvalue weighted by Gasteiger charge is -2.01. The zero-order valence-electron chi connectivity index (χ0n) is 9.23. The van der Waals surface area contributed by atoms with Crippen LogP contribution in [0.2, 0.25) is 0 Å². The van der Waals surface area contributed by atoms with E-state index >= 15 is 0 Å². The van der Waals surface area contributed by atoms with E-state index in [-0.39, 0.29) is 6.61 Å². The van der Waals surface area contributed by atoms with Crippen LogP contribution in [0.1, 0.15) is 5.69 Å². The molecule has 0 radical (unpaired) electrons. The Morgan fingerprint density at radius 1 is 1.35 bits per heavy atom. The van der Waals surface area contributed by atoms with Gasteiger partial charge in [0.1, 0.15) is 0 Å². The molecule has 0 saturated carbocycles. The van der Waals surface area contributed by atoms with Gasteiger partial charge in [-0.25, -0.2) is 4.68 Å². The lowest BCUT2D eigenvalue weighted by molar-refractivity contribution is 0.262. The van der Waals surface area contributed by atoms with Crippen molar-refractivity contribution in [3.05, 3.63) is 30.1 Å². The number of rotatable bonds is 6. The molecule has 0 fully saturated rings. The predicted octanol–water partition coefficient (Wildman–Crippen LogP) is 0.395. The van der Waals surface area contributed by atoms with Gasteiger partial charge in [-0.15, -0.1) is 5.10 Å².